The maximum atomic E-state index is 11.8. The number of hydrogen-bond acceptors (Lipinski definition) is 4. The molecule has 1 rings (SSSR count). The van der Waals surface area contributed by atoms with Gasteiger partial charge >= 0.3 is 0 Å². The van der Waals surface area contributed by atoms with Crippen LogP contribution in [0, 0.1) is 0 Å². The molecule has 0 unspecified atom stereocenters. The minimum absolute atomic E-state index is 0.0820. The summed E-state index contributed by atoms with van der Waals surface area (Å²) in [4.78, 5) is 13.8. The molecular weight excluding hydrogens is 216 g/mol. The van der Waals surface area contributed by atoms with Gasteiger partial charge in [0, 0.05) is 20.1 Å². The van der Waals surface area contributed by atoms with Crippen molar-refractivity contribution in [2.75, 3.05) is 33.4 Å². The number of likely N-dealkylation sites (N-methyl/N-ethyl adjacent to an activating group) is 1. The summed E-state index contributed by atoms with van der Waals surface area (Å²) in [6, 6.07) is 0. The van der Waals surface area contributed by atoms with Crippen molar-refractivity contribution in [2.24, 2.45) is 0 Å². The lowest BCUT2D eigenvalue weighted by Crippen LogP contribution is -2.37. The van der Waals surface area contributed by atoms with Crippen LogP contribution in [0.25, 0.3) is 0 Å². The molecule has 0 aromatic rings. The third-order valence-corrected chi connectivity index (χ3v) is 3.00. The van der Waals surface area contributed by atoms with Crippen LogP contribution in [0.15, 0.2) is 11.4 Å². The molecule has 0 atom stereocenters. The molecule has 1 heterocycles. The van der Waals surface area contributed by atoms with Crippen LogP contribution in [-0.4, -0.2) is 44.0 Å². The molecule has 0 spiro atoms. The Morgan fingerprint density at radius 3 is 2.71 bits per heavy atom. The summed E-state index contributed by atoms with van der Waals surface area (Å²) < 4.78 is 5.28. The second-order valence-corrected chi connectivity index (χ2v) is 4.39. The number of ketones is 1. The minimum atomic E-state index is 0.0820. The van der Waals surface area contributed by atoms with Crippen molar-refractivity contribution in [2.45, 2.75) is 33.1 Å². The first kappa shape index (κ1) is 14.0. The van der Waals surface area contributed by atoms with Gasteiger partial charge in [0.2, 0.25) is 5.78 Å². The van der Waals surface area contributed by atoms with Gasteiger partial charge in [-0.1, -0.05) is 19.8 Å². The number of carbonyl (C=O) groups excluding carboxylic acids is 1. The summed E-state index contributed by atoms with van der Waals surface area (Å²) in [5.41, 5.74) is 1.75. The number of ether oxygens (including phenoxy) is 1. The minimum Gasteiger partial charge on any atom is -0.385 e. The van der Waals surface area contributed by atoms with Crippen LogP contribution in [0.2, 0.25) is 0 Å². The monoisotopic (exact) mass is 240 g/mol. The lowest BCUT2D eigenvalue weighted by Gasteiger charge is -2.27. The Bertz CT molecular complexity index is 287. The lowest BCUT2D eigenvalue weighted by atomic mass is 10.1. The third kappa shape index (κ3) is 4.04. The van der Waals surface area contributed by atoms with Gasteiger partial charge in [0.25, 0.3) is 0 Å². The Morgan fingerprint density at radius 1 is 1.29 bits per heavy atom. The highest BCUT2D eigenvalue weighted by Crippen LogP contribution is 2.14. The Balaban J connectivity index is 2.63. The zero-order chi connectivity index (χ0) is 12.7. The van der Waals surface area contributed by atoms with E-state index in [1.165, 1.54) is 12.8 Å². The van der Waals surface area contributed by atoms with Gasteiger partial charge in [0.15, 0.2) is 0 Å². The molecule has 4 heteroatoms. The normalized spacial score (nSPS) is 16.3. The number of nitrogens with zero attached hydrogens (tertiary/aromatic N) is 1. The fourth-order valence-corrected chi connectivity index (χ4v) is 1.90. The van der Waals surface area contributed by atoms with Crippen LogP contribution in [0.1, 0.15) is 33.1 Å². The molecule has 0 amide bonds. The van der Waals surface area contributed by atoms with Crippen LogP contribution >= 0.6 is 0 Å². The molecule has 0 fully saturated rings. The smallest absolute Gasteiger partial charge is 0.206 e. The fraction of sp³-hybridized carbons (Fsp3) is 0.769. The Kier molecular flexibility index (Phi) is 6.05. The second kappa shape index (κ2) is 7.33. The van der Waals surface area contributed by atoms with E-state index in [1.807, 2.05) is 18.9 Å². The summed E-state index contributed by atoms with van der Waals surface area (Å²) in [5.74, 6) is 0.0820. The third-order valence-electron chi connectivity index (χ3n) is 3.00. The standard InChI is InChI=1S/C13H24N2O2/c1-4-6-7-8-14-11-9-17-10-12(16)13(11)15(3)5-2/h14H,4-10H2,1-3H3. The van der Waals surface area contributed by atoms with Gasteiger partial charge in [-0.15, -0.1) is 0 Å². The van der Waals surface area contributed by atoms with Gasteiger partial charge < -0.3 is 15.0 Å². The summed E-state index contributed by atoms with van der Waals surface area (Å²) in [6.07, 6.45) is 3.56. The SMILES string of the molecule is CCCCCNC1=C(N(C)CC)C(=O)COC1. The van der Waals surface area contributed by atoms with Crippen molar-refractivity contribution in [3.05, 3.63) is 11.4 Å². The molecule has 17 heavy (non-hydrogen) atoms. The molecule has 0 aromatic carbocycles. The summed E-state index contributed by atoms with van der Waals surface area (Å²) >= 11 is 0. The zero-order valence-corrected chi connectivity index (χ0v) is 11.2. The molecule has 0 aromatic heterocycles. The van der Waals surface area contributed by atoms with Crippen molar-refractivity contribution >= 4 is 5.78 Å². The van der Waals surface area contributed by atoms with Crippen molar-refractivity contribution in [1.82, 2.24) is 10.2 Å². The van der Waals surface area contributed by atoms with Gasteiger partial charge in [-0.25, -0.2) is 0 Å². The van der Waals surface area contributed by atoms with Crippen LogP contribution in [0.3, 0.4) is 0 Å². The van der Waals surface area contributed by atoms with E-state index in [9.17, 15) is 4.79 Å². The second-order valence-electron chi connectivity index (χ2n) is 4.39. The van der Waals surface area contributed by atoms with Crippen LogP contribution in [-0.2, 0) is 9.53 Å². The van der Waals surface area contributed by atoms with Gasteiger partial charge in [-0.2, -0.15) is 0 Å². The van der Waals surface area contributed by atoms with Crippen molar-refractivity contribution in [1.29, 1.82) is 0 Å². The first-order valence-electron chi connectivity index (χ1n) is 6.49. The average Bonchev–Trinajstić information content (AvgIpc) is 2.34. The lowest BCUT2D eigenvalue weighted by molar-refractivity contribution is -0.122. The maximum absolute atomic E-state index is 11.8. The Hall–Kier alpha value is -1.03. The van der Waals surface area contributed by atoms with Crippen LogP contribution in [0.4, 0.5) is 0 Å². The van der Waals surface area contributed by atoms with E-state index in [0.717, 1.165) is 30.9 Å². The Labute approximate surface area is 104 Å². The highest BCUT2D eigenvalue weighted by molar-refractivity contribution is 5.97. The predicted octanol–water partition coefficient (Wildman–Crippen LogP) is 1.53. The molecule has 4 nitrogen and oxygen atoms in total. The van der Waals surface area contributed by atoms with E-state index in [2.05, 4.69) is 12.2 Å². The van der Waals surface area contributed by atoms with E-state index in [1.54, 1.807) is 0 Å². The van der Waals surface area contributed by atoms with Gasteiger partial charge in [0.05, 0.1) is 12.3 Å². The first-order chi connectivity index (χ1) is 8.20. The highest BCUT2D eigenvalue weighted by atomic mass is 16.5. The number of Topliss-reactive ketones (excluding diaryl/α,β-unsaturated/α-hetero) is 1. The van der Waals surface area contributed by atoms with E-state index in [-0.39, 0.29) is 12.4 Å². The molecule has 0 bridgehead atoms. The molecule has 0 aliphatic carbocycles. The molecular formula is C13H24N2O2. The largest absolute Gasteiger partial charge is 0.385 e. The first-order valence-corrected chi connectivity index (χ1v) is 6.49. The summed E-state index contributed by atoms with van der Waals surface area (Å²) in [5, 5.41) is 3.34. The van der Waals surface area contributed by atoms with E-state index >= 15 is 0 Å². The van der Waals surface area contributed by atoms with E-state index in [0.29, 0.717) is 6.61 Å². The zero-order valence-electron chi connectivity index (χ0n) is 11.2. The van der Waals surface area contributed by atoms with E-state index < -0.39 is 0 Å². The van der Waals surface area contributed by atoms with Gasteiger partial charge in [-0.3, -0.25) is 4.79 Å². The number of hydrogen-bond donors (Lipinski definition) is 1. The molecule has 0 saturated carbocycles. The number of carbonyl (C=O) groups is 1. The summed E-state index contributed by atoms with van der Waals surface area (Å²) in [7, 11) is 1.95. The quantitative estimate of drug-likeness (QED) is 0.685. The Morgan fingerprint density at radius 2 is 2.06 bits per heavy atom. The molecule has 1 aliphatic heterocycles. The maximum Gasteiger partial charge on any atom is 0.206 e. The fourth-order valence-electron chi connectivity index (χ4n) is 1.90. The molecule has 98 valence electrons. The van der Waals surface area contributed by atoms with Crippen molar-refractivity contribution in [3.8, 4) is 0 Å². The molecule has 0 saturated heterocycles. The number of rotatable bonds is 7. The van der Waals surface area contributed by atoms with Crippen LogP contribution < -0.4 is 5.32 Å². The molecule has 1 N–H and O–H groups in total. The van der Waals surface area contributed by atoms with Crippen LogP contribution in [0.5, 0.6) is 0 Å². The average molecular weight is 240 g/mol. The highest BCUT2D eigenvalue weighted by Gasteiger charge is 2.23. The topological polar surface area (TPSA) is 41.6 Å². The van der Waals surface area contributed by atoms with Gasteiger partial charge in [0.1, 0.15) is 12.3 Å². The predicted molar refractivity (Wildman–Crippen MR) is 68.7 cm³/mol. The van der Waals surface area contributed by atoms with Gasteiger partial charge in [-0.05, 0) is 13.3 Å². The summed E-state index contributed by atoms with van der Waals surface area (Å²) in [6.45, 7) is 6.71. The van der Waals surface area contributed by atoms with Crippen molar-refractivity contribution in [3.63, 3.8) is 0 Å². The molecule has 1 aliphatic rings. The number of nitrogens with one attached hydrogen (secondary N) is 1. The molecule has 0 radical (unpaired) electrons. The van der Waals surface area contributed by atoms with E-state index in [4.69, 9.17) is 4.74 Å². The van der Waals surface area contributed by atoms with Crippen molar-refractivity contribution < 1.29 is 9.53 Å². The number of unbranched alkanes of at least 4 members (excludes halogenated alkanes) is 2.